The van der Waals surface area contributed by atoms with Crippen molar-refractivity contribution in [3.05, 3.63) is 60.8 Å². The maximum Gasteiger partial charge on any atom is 0.328 e. The van der Waals surface area contributed by atoms with E-state index in [-0.39, 0.29) is 6.03 Å². The van der Waals surface area contributed by atoms with Crippen LogP contribution in [0.1, 0.15) is 6.42 Å². The maximum atomic E-state index is 13.0. The molecule has 3 aromatic heterocycles. The number of anilines is 3. The lowest BCUT2D eigenvalue weighted by molar-refractivity contribution is 0.256. The predicted molar refractivity (Wildman–Crippen MR) is 117 cm³/mol. The average molecular weight is 413 g/mol. The molecule has 0 saturated carbocycles. The van der Waals surface area contributed by atoms with Crippen molar-refractivity contribution in [1.29, 1.82) is 0 Å². The molecule has 5 rings (SSSR count). The highest BCUT2D eigenvalue weighted by molar-refractivity contribution is 6.02. The van der Waals surface area contributed by atoms with E-state index >= 15 is 0 Å². The number of benzene rings is 1. The summed E-state index contributed by atoms with van der Waals surface area (Å²) in [7, 11) is 0. The smallest absolute Gasteiger partial charge is 0.328 e. The van der Waals surface area contributed by atoms with Gasteiger partial charge in [-0.25, -0.2) is 14.8 Å². The summed E-state index contributed by atoms with van der Waals surface area (Å²) in [5.41, 5.74) is 3.35. The summed E-state index contributed by atoms with van der Waals surface area (Å²) in [5.74, 6) is 1.62. The number of aromatic nitrogens is 6. The highest BCUT2D eigenvalue weighted by atomic mass is 16.2. The molecule has 4 aromatic rings. The Morgan fingerprint density at radius 2 is 1.90 bits per heavy atom. The molecule has 0 saturated heterocycles. The van der Waals surface area contributed by atoms with Gasteiger partial charge in [0.15, 0.2) is 5.82 Å². The van der Waals surface area contributed by atoms with Crippen molar-refractivity contribution in [1.82, 2.24) is 30.6 Å². The number of carbonyl (C=O) groups excluding carboxylic acids is 1. The van der Waals surface area contributed by atoms with Gasteiger partial charge in [0.2, 0.25) is 5.82 Å². The van der Waals surface area contributed by atoms with Crippen LogP contribution in [0.5, 0.6) is 0 Å². The van der Waals surface area contributed by atoms with Crippen molar-refractivity contribution < 1.29 is 4.79 Å². The van der Waals surface area contributed by atoms with Gasteiger partial charge < -0.3 is 5.32 Å². The maximum absolute atomic E-state index is 13.0. The second-order valence-electron chi connectivity index (χ2n) is 6.96. The fourth-order valence-electron chi connectivity index (χ4n) is 3.40. The first-order valence-electron chi connectivity index (χ1n) is 9.87. The molecule has 0 atom stereocenters. The molecular formula is C21H19N9O. The number of aromatic amines is 1. The molecular weight excluding hydrogens is 394 g/mol. The number of tetrazole rings is 1. The summed E-state index contributed by atoms with van der Waals surface area (Å²) < 4.78 is 0. The van der Waals surface area contributed by atoms with E-state index in [9.17, 15) is 4.79 Å². The lowest BCUT2D eigenvalue weighted by Gasteiger charge is -2.22. The highest BCUT2D eigenvalue weighted by Gasteiger charge is 2.23. The van der Waals surface area contributed by atoms with Crippen LogP contribution in [0.4, 0.5) is 22.1 Å². The topological polar surface area (TPSA) is 125 Å². The van der Waals surface area contributed by atoms with E-state index in [0.717, 1.165) is 35.5 Å². The van der Waals surface area contributed by atoms with Crippen LogP contribution in [0, 0.1) is 0 Å². The lowest BCUT2D eigenvalue weighted by atomic mass is 10.1. The number of H-pyrrole nitrogens is 1. The molecule has 31 heavy (non-hydrogen) atoms. The Labute approximate surface area is 177 Å². The largest absolute Gasteiger partial charge is 0.382 e. The lowest BCUT2D eigenvalue weighted by Crippen LogP contribution is -2.36. The molecule has 0 spiro atoms. The standard InChI is InChI=1S/C21H19N9O/c31-21(25-18-4-1-2-11-23-18)30-13-3-12-22-17-10-9-16(24-20(17)30)14-5-7-15(8-6-14)19-26-28-29-27-19/h1-2,4-11,22H,3,12-13H2,(H,23,25,31)(H,26,27,28,29). The molecule has 1 aliphatic rings. The van der Waals surface area contributed by atoms with Crippen molar-refractivity contribution in [2.45, 2.75) is 6.42 Å². The molecule has 0 bridgehead atoms. The summed E-state index contributed by atoms with van der Waals surface area (Å²) in [6.07, 6.45) is 2.45. The van der Waals surface area contributed by atoms with Crippen LogP contribution in [0.25, 0.3) is 22.6 Å². The van der Waals surface area contributed by atoms with E-state index in [4.69, 9.17) is 4.98 Å². The zero-order valence-corrected chi connectivity index (χ0v) is 16.5. The van der Waals surface area contributed by atoms with Crippen molar-refractivity contribution >= 4 is 23.4 Å². The molecule has 154 valence electrons. The van der Waals surface area contributed by atoms with Gasteiger partial charge in [-0.05, 0) is 35.9 Å². The van der Waals surface area contributed by atoms with Crippen LogP contribution in [0.2, 0.25) is 0 Å². The zero-order chi connectivity index (χ0) is 21.0. The van der Waals surface area contributed by atoms with E-state index in [1.165, 1.54) is 0 Å². The third kappa shape index (κ3) is 3.90. The first-order valence-corrected chi connectivity index (χ1v) is 9.87. The number of hydrogen-bond donors (Lipinski definition) is 3. The molecule has 4 heterocycles. The van der Waals surface area contributed by atoms with E-state index in [1.54, 1.807) is 23.2 Å². The number of nitrogens with one attached hydrogen (secondary N) is 3. The van der Waals surface area contributed by atoms with Crippen LogP contribution in [0.3, 0.4) is 0 Å². The van der Waals surface area contributed by atoms with Gasteiger partial charge >= 0.3 is 6.03 Å². The first-order chi connectivity index (χ1) is 15.3. The number of pyridine rings is 2. The monoisotopic (exact) mass is 413 g/mol. The van der Waals surface area contributed by atoms with Gasteiger partial charge in [0.25, 0.3) is 0 Å². The summed E-state index contributed by atoms with van der Waals surface area (Å²) in [6, 6.07) is 16.7. The number of hydrogen-bond acceptors (Lipinski definition) is 7. The van der Waals surface area contributed by atoms with E-state index in [0.29, 0.717) is 24.0 Å². The molecule has 10 nitrogen and oxygen atoms in total. The van der Waals surface area contributed by atoms with E-state index in [1.807, 2.05) is 42.5 Å². The van der Waals surface area contributed by atoms with Crippen LogP contribution >= 0.6 is 0 Å². The Morgan fingerprint density at radius 3 is 2.68 bits per heavy atom. The molecule has 0 fully saturated rings. The van der Waals surface area contributed by atoms with Gasteiger partial charge in [0.1, 0.15) is 5.82 Å². The zero-order valence-electron chi connectivity index (χ0n) is 16.5. The number of fused-ring (bicyclic) bond motifs is 1. The first kappa shape index (κ1) is 18.7. The summed E-state index contributed by atoms with van der Waals surface area (Å²) >= 11 is 0. The van der Waals surface area contributed by atoms with Gasteiger partial charge in [-0.1, -0.05) is 30.3 Å². The van der Waals surface area contributed by atoms with Crippen molar-refractivity contribution in [3.8, 4) is 22.6 Å². The highest BCUT2D eigenvalue weighted by Crippen LogP contribution is 2.31. The minimum absolute atomic E-state index is 0.263. The Kier molecular flexibility index (Phi) is 4.93. The Balaban J connectivity index is 1.45. The van der Waals surface area contributed by atoms with Crippen molar-refractivity contribution in [2.24, 2.45) is 0 Å². The molecule has 0 radical (unpaired) electrons. The average Bonchev–Trinajstić information content (AvgIpc) is 3.27. The van der Waals surface area contributed by atoms with Crippen molar-refractivity contribution in [3.63, 3.8) is 0 Å². The number of rotatable bonds is 3. The minimum atomic E-state index is -0.263. The number of amides is 2. The summed E-state index contributed by atoms with van der Waals surface area (Å²) in [6.45, 7) is 1.31. The van der Waals surface area contributed by atoms with Crippen LogP contribution in [-0.2, 0) is 0 Å². The Bertz CT molecular complexity index is 1180. The normalized spacial score (nSPS) is 13.1. The minimum Gasteiger partial charge on any atom is -0.382 e. The second kappa shape index (κ2) is 8.19. The molecule has 2 amide bonds. The van der Waals surface area contributed by atoms with Crippen molar-refractivity contribution in [2.75, 3.05) is 28.6 Å². The second-order valence-corrected chi connectivity index (χ2v) is 6.96. The van der Waals surface area contributed by atoms with Gasteiger partial charge in [0, 0.05) is 30.4 Å². The van der Waals surface area contributed by atoms with Crippen LogP contribution in [0.15, 0.2) is 60.8 Å². The summed E-state index contributed by atoms with van der Waals surface area (Å²) in [4.78, 5) is 23.6. The molecule has 0 unspecified atom stereocenters. The van der Waals surface area contributed by atoms with Gasteiger partial charge in [-0.15, -0.1) is 10.2 Å². The number of nitrogens with zero attached hydrogens (tertiary/aromatic N) is 6. The predicted octanol–water partition coefficient (Wildman–Crippen LogP) is 3.18. The van der Waals surface area contributed by atoms with E-state index in [2.05, 4.69) is 36.2 Å². The molecule has 3 N–H and O–H groups in total. The molecule has 1 aliphatic heterocycles. The van der Waals surface area contributed by atoms with Gasteiger partial charge in [-0.2, -0.15) is 5.21 Å². The third-order valence-corrected chi connectivity index (χ3v) is 4.93. The third-order valence-electron chi connectivity index (χ3n) is 4.93. The number of urea groups is 1. The molecule has 10 heteroatoms. The van der Waals surface area contributed by atoms with E-state index < -0.39 is 0 Å². The van der Waals surface area contributed by atoms with Gasteiger partial charge in [0.05, 0.1) is 11.4 Å². The Hall–Kier alpha value is -4.34. The molecule has 1 aromatic carbocycles. The van der Waals surface area contributed by atoms with Gasteiger partial charge in [-0.3, -0.25) is 10.2 Å². The van der Waals surface area contributed by atoms with Crippen LogP contribution < -0.4 is 15.5 Å². The fraction of sp³-hybridized carbons (Fsp3) is 0.143. The van der Waals surface area contributed by atoms with Crippen LogP contribution in [-0.4, -0.2) is 49.7 Å². The number of carbonyl (C=O) groups is 1. The summed E-state index contributed by atoms with van der Waals surface area (Å²) in [5, 5.41) is 20.2. The fourth-order valence-corrected chi connectivity index (χ4v) is 3.40. The SMILES string of the molecule is O=C(Nc1ccccn1)N1CCCNc2ccc(-c3ccc(-c4nn[nH]n4)cc3)nc21. The Morgan fingerprint density at radius 1 is 1.03 bits per heavy atom. The quantitative estimate of drug-likeness (QED) is 0.471. The molecule has 0 aliphatic carbocycles.